The summed E-state index contributed by atoms with van der Waals surface area (Å²) in [4.78, 5) is 17.8. The average molecular weight is 380 g/mol. The third-order valence-corrected chi connectivity index (χ3v) is 5.87. The molecule has 0 saturated carbocycles. The van der Waals surface area contributed by atoms with Crippen LogP contribution in [0.25, 0.3) is 0 Å². The molecule has 1 fully saturated rings. The molecule has 1 aliphatic rings. The maximum Gasteiger partial charge on any atom is 0.222 e. The van der Waals surface area contributed by atoms with Crippen molar-refractivity contribution in [3.8, 4) is 6.07 Å². The lowest BCUT2D eigenvalue weighted by atomic mass is 10.1. The van der Waals surface area contributed by atoms with Crippen LogP contribution in [0.2, 0.25) is 0 Å². The van der Waals surface area contributed by atoms with Gasteiger partial charge in [-0.1, -0.05) is 48.5 Å². The highest BCUT2D eigenvalue weighted by atomic mass is 32.2. The normalized spacial score (nSPS) is 17.4. The van der Waals surface area contributed by atoms with Crippen LogP contribution >= 0.6 is 11.8 Å². The molecule has 1 amide bonds. The van der Waals surface area contributed by atoms with Crippen molar-refractivity contribution in [3.05, 3.63) is 66.2 Å². The smallest absolute Gasteiger partial charge is 0.222 e. The maximum atomic E-state index is 12.5. The summed E-state index contributed by atoms with van der Waals surface area (Å²) in [5, 5.41) is 9.55. The lowest BCUT2D eigenvalue weighted by molar-refractivity contribution is -0.133. The molecule has 0 bridgehead atoms. The Labute approximate surface area is 165 Å². The zero-order valence-electron chi connectivity index (χ0n) is 15.5. The third kappa shape index (κ3) is 5.85. The fourth-order valence-corrected chi connectivity index (χ4v) is 4.14. The number of piperazine rings is 1. The van der Waals surface area contributed by atoms with Crippen LogP contribution in [-0.2, 0) is 11.3 Å². The first kappa shape index (κ1) is 19.5. The quantitative estimate of drug-likeness (QED) is 0.542. The van der Waals surface area contributed by atoms with Crippen LogP contribution in [0.5, 0.6) is 0 Å². The van der Waals surface area contributed by atoms with Gasteiger partial charge in [0.25, 0.3) is 0 Å². The Hall–Kier alpha value is -2.29. The topological polar surface area (TPSA) is 47.3 Å². The first-order chi connectivity index (χ1) is 13.3. The van der Waals surface area contributed by atoms with Crippen LogP contribution in [0.3, 0.4) is 0 Å². The van der Waals surface area contributed by atoms with Crippen molar-refractivity contribution in [3.63, 3.8) is 0 Å². The Morgan fingerprint density at radius 3 is 2.48 bits per heavy atom. The number of amides is 1. The van der Waals surface area contributed by atoms with Gasteiger partial charge in [-0.25, -0.2) is 0 Å². The third-order valence-electron chi connectivity index (χ3n) is 4.77. The molecule has 5 heteroatoms. The average Bonchev–Trinajstić information content (AvgIpc) is 2.73. The van der Waals surface area contributed by atoms with E-state index in [1.165, 1.54) is 10.5 Å². The van der Waals surface area contributed by atoms with E-state index in [4.69, 9.17) is 0 Å². The van der Waals surface area contributed by atoms with Gasteiger partial charge in [0.05, 0.1) is 6.07 Å². The Bertz CT molecular complexity index is 760. The highest BCUT2D eigenvalue weighted by Gasteiger charge is 2.29. The van der Waals surface area contributed by atoms with Crippen molar-refractivity contribution in [2.24, 2.45) is 0 Å². The zero-order chi connectivity index (χ0) is 18.9. The molecule has 27 heavy (non-hydrogen) atoms. The van der Waals surface area contributed by atoms with E-state index < -0.39 is 0 Å². The van der Waals surface area contributed by atoms with E-state index in [1.807, 2.05) is 41.3 Å². The molecular formula is C22H25N3OS. The molecule has 140 valence electrons. The standard InChI is InChI=1S/C22H25N3OS/c23-16-20-18-25(14-13-24(20)17-19-8-3-1-4-9-19)22(26)12-7-15-27-21-10-5-2-6-11-21/h1-6,8-11,20H,7,12-15,17-18H2. The summed E-state index contributed by atoms with van der Waals surface area (Å²) in [5.74, 6) is 1.11. The van der Waals surface area contributed by atoms with Gasteiger partial charge < -0.3 is 4.90 Å². The summed E-state index contributed by atoms with van der Waals surface area (Å²) < 4.78 is 0. The van der Waals surface area contributed by atoms with E-state index in [-0.39, 0.29) is 11.9 Å². The Morgan fingerprint density at radius 1 is 1.07 bits per heavy atom. The highest BCUT2D eigenvalue weighted by molar-refractivity contribution is 7.99. The Balaban J connectivity index is 1.43. The van der Waals surface area contributed by atoms with Crippen molar-refractivity contribution in [1.29, 1.82) is 5.26 Å². The summed E-state index contributed by atoms with van der Waals surface area (Å²) in [6.07, 6.45) is 1.41. The number of hydrogen-bond acceptors (Lipinski definition) is 4. The van der Waals surface area contributed by atoms with E-state index in [0.29, 0.717) is 19.5 Å². The number of rotatable bonds is 7. The predicted molar refractivity (Wildman–Crippen MR) is 109 cm³/mol. The van der Waals surface area contributed by atoms with Crippen LogP contribution in [0, 0.1) is 11.3 Å². The van der Waals surface area contributed by atoms with Crippen molar-refractivity contribution >= 4 is 17.7 Å². The van der Waals surface area contributed by atoms with E-state index in [0.717, 1.165) is 25.3 Å². The zero-order valence-corrected chi connectivity index (χ0v) is 16.3. The molecule has 0 N–H and O–H groups in total. The Morgan fingerprint density at radius 2 is 1.78 bits per heavy atom. The fraction of sp³-hybridized carbons (Fsp3) is 0.364. The molecule has 1 atom stereocenters. The van der Waals surface area contributed by atoms with Crippen molar-refractivity contribution < 1.29 is 4.79 Å². The van der Waals surface area contributed by atoms with E-state index >= 15 is 0 Å². The molecular weight excluding hydrogens is 354 g/mol. The minimum Gasteiger partial charge on any atom is -0.339 e. The van der Waals surface area contributed by atoms with Crippen LogP contribution < -0.4 is 0 Å². The van der Waals surface area contributed by atoms with Gasteiger partial charge in [-0.05, 0) is 29.9 Å². The molecule has 0 aliphatic carbocycles. The first-order valence-corrected chi connectivity index (χ1v) is 10.4. The summed E-state index contributed by atoms with van der Waals surface area (Å²) >= 11 is 1.78. The highest BCUT2D eigenvalue weighted by Crippen LogP contribution is 2.19. The molecule has 1 aliphatic heterocycles. The van der Waals surface area contributed by atoms with Gasteiger partial charge >= 0.3 is 0 Å². The largest absolute Gasteiger partial charge is 0.339 e. The summed E-state index contributed by atoms with van der Waals surface area (Å²) in [5.41, 5.74) is 1.20. The van der Waals surface area contributed by atoms with Gasteiger partial charge in [0.15, 0.2) is 0 Å². The van der Waals surface area contributed by atoms with E-state index in [9.17, 15) is 10.1 Å². The number of carbonyl (C=O) groups is 1. The molecule has 1 unspecified atom stereocenters. The van der Waals surface area contributed by atoms with Crippen LogP contribution in [0.15, 0.2) is 65.6 Å². The minimum absolute atomic E-state index is 0.170. The number of carbonyl (C=O) groups excluding carboxylic acids is 1. The molecule has 4 nitrogen and oxygen atoms in total. The van der Waals surface area contributed by atoms with Gasteiger partial charge in [-0.3, -0.25) is 9.69 Å². The predicted octanol–water partition coefficient (Wildman–Crippen LogP) is 3.80. The van der Waals surface area contributed by atoms with Gasteiger partial charge in [0.1, 0.15) is 6.04 Å². The van der Waals surface area contributed by atoms with Gasteiger partial charge in [-0.15, -0.1) is 11.8 Å². The molecule has 2 aromatic rings. The van der Waals surface area contributed by atoms with E-state index in [2.05, 4.69) is 35.2 Å². The van der Waals surface area contributed by atoms with E-state index in [1.54, 1.807) is 11.8 Å². The van der Waals surface area contributed by atoms with Crippen molar-refractivity contribution in [2.75, 3.05) is 25.4 Å². The summed E-state index contributed by atoms with van der Waals surface area (Å²) in [6.45, 7) is 2.72. The number of nitriles is 1. The molecule has 2 aromatic carbocycles. The van der Waals surface area contributed by atoms with Gasteiger partial charge in [-0.2, -0.15) is 5.26 Å². The molecule has 0 spiro atoms. The number of benzene rings is 2. The number of hydrogen-bond donors (Lipinski definition) is 0. The fourth-order valence-electron chi connectivity index (χ4n) is 3.26. The molecule has 1 heterocycles. The van der Waals surface area contributed by atoms with Crippen molar-refractivity contribution in [1.82, 2.24) is 9.80 Å². The molecule has 0 radical (unpaired) electrons. The monoisotopic (exact) mass is 379 g/mol. The van der Waals surface area contributed by atoms with Gasteiger partial charge in [0, 0.05) is 37.5 Å². The summed E-state index contributed by atoms with van der Waals surface area (Å²) in [7, 11) is 0. The van der Waals surface area contributed by atoms with Crippen LogP contribution in [0.4, 0.5) is 0 Å². The second-order valence-electron chi connectivity index (χ2n) is 6.71. The molecule has 0 aromatic heterocycles. The first-order valence-electron chi connectivity index (χ1n) is 9.39. The van der Waals surface area contributed by atoms with Crippen LogP contribution in [-0.4, -0.2) is 47.1 Å². The second kappa shape index (κ2) is 10.1. The molecule has 1 saturated heterocycles. The molecule has 3 rings (SSSR count). The number of nitrogens with zero attached hydrogens (tertiary/aromatic N) is 3. The minimum atomic E-state index is -0.235. The van der Waals surface area contributed by atoms with Crippen molar-refractivity contribution in [2.45, 2.75) is 30.3 Å². The number of thioether (sulfide) groups is 1. The SMILES string of the molecule is N#CC1CN(C(=O)CCCSc2ccccc2)CCN1Cc1ccccc1. The maximum absolute atomic E-state index is 12.5. The van der Waals surface area contributed by atoms with Gasteiger partial charge in [0.2, 0.25) is 5.91 Å². The summed E-state index contributed by atoms with van der Waals surface area (Å²) in [6, 6.07) is 22.6. The second-order valence-corrected chi connectivity index (χ2v) is 7.87. The van der Waals surface area contributed by atoms with Crippen LogP contribution in [0.1, 0.15) is 18.4 Å². The Kier molecular flexibility index (Phi) is 7.32. The lowest BCUT2D eigenvalue weighted by Crippen LogP contribution is -2.53. The lowest BCUT2D eigenvalue weighted by Gasteiger charge is -2.38.